The first-order chi connectivity index (χ1) is 5.79. The summed E-state index contributed by atoms with van der Waals surface area (Å²) in [7, 11) is 0. The summed E-state index contributed by atoms with van der Waals surface area (Å²) in [5, 5.41) is 6.44. The monoisotopic (exact) mass is 182 g/mol. The van der Waals surface area contributed by atoms with Crippen molar-refractivity contribution >= 4 is 16.5 Å². The van der Waals surface area contributed by atoms with Gasteiger partial charge in [0.25, 0.3) is 0 Å². The predicted molar refractivity (Wildman–Crippen MR) is 52.6 cm³/mol. The highest BCUT2D eigenvalue weighted by Crippen LogP contribution is 2.40. The first-order valence-electron chi connectivity index (χ1n) is 4.42. The van der Waals surface area contributed by atoms with E-state index in [9.17, 15) is 0 Å². The highest BCUT2D eigenvalue weighted by molar-refractivity contribution is 7.13. The number of rotatable bonds is 3. The molecule has 1 saturated carbocycles. The molecule has 2 nitrogen and oxygen atoms in total. The summed E-state index contributed by atoms with van der Waals surface area (Å²) in [4.78, 5) is 4.19. The van der Waals surface area contributed by atoms with Crippen LogP contribution < -0.4 is 5.32 Å². The Hall–Kier alpha value is -0.570. The Morgan fingerprint density at radius 2 is 2.50 bits per heavy atom. The lowest BCUT2D eigenvalue weighted by molar-refractivity contribution is 0.180. The topological polar surface area (TPSA) is 24.9 Å². The molecule has 0 spiro atoms. The summed E-state index contributed by atoms with van der Waals surface area (Å²) in [6, 6.07) is 0. The van der Waals surface area contributed by atoms with Crippen LogP contribution in [-0.4, -0.2) is 11.5 Å². The second kappa shape index (κ2) is 3.05. The van der Waals surface area contributed by atoms with E-state index in [1.54, 1.807) is 11.3 Å². The van der Waals surface area contributed by atoms with Crippen LogP contribution in [0.1, 0.15) is 26.2 Å². The van der Waals surface area contributed by atoms with Gasteiger partial charge in [-0.05, 0) is 18.3 Å². The Balaban J connectivity index is 1.82. The maximum atomic E-state index is 4.19. The van der Waals surface area contributed by atoms with Crippen LogP contribution in [0.4, 0.5) is 5.13 Å². The predicted octanol–water partition coefficient (Wildman–Crippen LogP) is 2.75. The van der Waals surface area contributed by atoms with Gasteiger partial charge in [0, 0.05) is 18.1 Å². The summed E-state index contributed by atoms with van der Waals surface area (Å²) >= 11 is 1.68. The molecule has 0 radical (unpaired) electrons. The van der Waals surface area contributed by atoms with E-state index in [2.05, 4.69) is 17.2 Å². The zero-order chi connectivity index (χ0) is 8.44. The van der Waals surface area contributed by atoms with Crippen molar-refractivity contribution in [2.75, 3.05) is 11.9 Å². The van der Waals surface area contributed by atoms with Crippen molar-refractivity contribution in [3.8, 4) is 0 Å². The van der Waals surface area contributed by atoms with E-state index in [0.29, 0.717) is 5.41 Å². The van der Waals surface area contributed by atoms with Crippen LogP contribution in [0, 0.1) is 5.41 Å². The van der Waals surface area contributed by atoms with Crippen LogP contribution in [0.5, 0.6) is 0 Å². The van der Waals surface area contributed by atoms with Gasteiger partial charge in [-0.25, -0.2) is 4.98 Å². The van der Waals surface area contributed by atoms with Crippen molar-refractivity contribution in [1.29, 1.82) is 0 Å². The Morgan fingerprint density at radius 3 is 3.00 bits per heavy atom. The van der Waals surface area contributed by atoms with E-state index in [4.69, 9.17) is 0 Å². The lowest BCUT2D eigenvalue weighted by atomic mass is 9.70. The fraction of sp³-hybridized carbons (Fsp3) is 0.667. The van der Waals surface area contributed by atoms with Crippen LogP contribution in [0.15, 0.2) is 11.6 Å². The number of anilines is 1. The molecule has 12 heavy (non-hydrogen) atoms. The van der Waals surface area contributed by atoms with Gasteiger partial charge < -0.3 is 5.32 Å². The molecule has 1 aromatic rings. The average molecular weight is 182 g/mol. The maximum Gasteiger partial charge on any atom is 0.182 e. The number of nitrogens with zero attached hydrogens (tertiary/aromatic N) is 1. The molecule has 1 aliphatic rings. The summed E-state index contributed by atoms with van der Waals surface area (Å²) in [6.45, 7) is 3.43. The van der Waals surface area contributed by atoms with Crippen LogP contribution in [0.2, 0.25) is 0 Å². The van der Waals surface area contributed by atoms with E-state index in [0.717, 1.165) is 11.7 Å². The van der Waals surface area contributed by atoms with Crippen molar-refractivity contribution < 1.29 is 0 Å². The first-order valence-corrected chi connectivity index (χ1v) is 5.30. The molecule has 0 aromatic carbocycles. The minimum absolute atomic E-state index is 0.547. The van der Waals surface area contributed by atoms with Crippen molar-refractivity contribution in [3.63, 3.8) is 0 Å². The van der Waals surface area contributed by atoms with Gasteiger partial charge in [0.2, 0.25) is 0 Å². The minimum Gasteiger partial charge on any atom is -0.361 e. The maximum absolute atomic E-state index is 4.19. The van der Waals surface area contributed by atoms with E-state index in [1.165, 1.54) is 19.3 Å². The van der Waals surface area contributed by atoms with Crippen LogP contribution in [0.25, 0.3) is 0 Å². The molecule has 1 aliphatic carbocycles. The molecule has 0 amide bonds. The van der Waals surface area contributed by atoms with Crippen molar-refractivity contribution in [3.05, 3.63) is 11.6 Å². The van der Waals surface area contributed by atoms with E-state index in [-0.39, 0.29) is 0 Å². The molecule has 1 fully saturated rings. The van der Waals surface area contributed by atoms with Gasteiger partial charge in [0.15, 0.2) is 5.13 Å². The molecule has 3 heteroatoms. The van der Waals surface area contributed by atoms with Crippen molar-refractivity contribution in [2.24, 2.45) is 5.41 Å². The highest BCUT2D eigenvalue weighted by atomic mass is 32.1. The number of nitrogens with one attached hydrogen (secondary N) is 1. The largest absolute Gasteiger partial charge is 0.361 e. The Labute approximate surface area is 77.0 Å². The van der Waals surface area contributed by atoms with Gasteiger partial charge in [0.1, 0.15) is 0 Å². The minimum atomic E-state index is 0.547. The molecule has 1 N–H and O–H groups in total. The van der Waals surface area contributed by atoms with Gasteiger partial charge in [0.05, 0.1) is 0 Å². The molecule has 1 heterocycles. The number of hydrogen-bond donors (Lipinski definition) is 1. The van der Waals surface area contributed by atoms with Crippen LogP contribution in [-0.2, 0) is 0 Å². The van der Waals surface area contributed by atoms with Gasteiger partial charge in [-0.3, -0.25) is 0 Å². The van der Waals surface area contributed by atoms with Gasteiger partial charge in [-0.1, -0.05) is 13.3 Å². The van der Waals surface area contributed by atoms with E-state index in [1.807, 2.05) is 11.6 Å². The zero-order valence-electron chi connectivity index (χ0n) is 7.34. The highest BCUT2D eigenvalue weighted by Gasteiger charge is 2.31. The van der Waals surface area contributed by atoms with E-state index >= 15 is 0 Å². The molecule has 0 bridgehead atoms. The van der Waals surface area contributed by atoms with Crippen molar-refractivity contribution in [1.82, 2.24) is 4.98 Å². The van der Waals surface area contributed by atoms with E-state index < -0.39 is 0 Å². The third-order valence-corrected chi connectivity index (χ3v) is 3.39. The molecule has 0 unspecified atom stereocenters. The number of thiazole rings is 1. The quantitative estimate of drug-likeness (QED) is 0.777. The molecule has 0 saturated heterocycles. The van der Waals surface area contributed by atoms with Gasteiger partial charge >= 0.3 is 0 Å². The fourth-order valence-electron chi connectivity index (χ4n) is 1.56. The Kier molecular flexibility index (Phi) is 2.05. The van der Waals surface area contributed by atoms with Gasteiger partial charge in [-0.2, -0.15) is 0 Å². The molecule has 66 valence electrons. The molecule has 0 aliphatic heterocycles. The summed E-state index contributed by atoms with van der Waals surface area (Å²) < 4.78 is 0. The van der Waals surface area contributed by atoms with Crippen LogP contribution >= 0.6 is 11.3 Å². The fourth-order valence-corrected chi connectivity index (χ4v) is 2.08. The lowest BCUT2D eigenvalue weighted by Crippen LogP contribution is -2.33. The van der Waals surface area contributed by atoms with Crippen LogP contribution in [0.3, 0.4) is 0 Å². The zero-order valence-corrected chi connectivity index (χ0v) is 8.16. The third kappa shape index (κ3) is 1.61. The first kappa shape index (κ1) is 8.05. The second-order valence-corrected chi connectivity index (χ2v) is 4.75. The molecule has 1 aromatic heterocycles. The molecule has 2 rings (SSSR count). The normalized spacial score (nSPS) is 20.1. The smallest absolute Gasteiger partial charge is 0.182 e. The second-order valence-electron chi connectivity index (χ2n) is 3.86. The summed E-state index contributed by atoms with van der Waals surface area (Å²) in [6.07, 6.45) is 5.98. The lowest BCUT2D eigenvalue weighted by Gasteiger charge is -2.38. The molecular formula is C9H14N2S. The standard InChI is InChI=1S/C9H14N2S/c1-9(3-2-4-9)7-11-8-10-5-6-12-8/h5-6H,2-4,7H2,1H3,(H,10,11). The third-order valence-electron chi connectivity index (χ3n) is 2.66. The van der Waals surface area contributed by atoms with Crippen molar-refractivity contribution in [2.45, 2.75) is 26.2 Å². The molecule has 0 atom stereocenters. The number of hydrogen-bond acceptors (Lipinski definition) is 3. The van der Waals surface area contributed by atoms with Gasteiger partial charge in [-0.15, -0.1) is 11.3 Å². The SMILES string of the molecule is CC1(CNc2nccs2)CCC1. The molecular weight excluding hydrogens is 168 g/mol. The Morgan fingerprint density at radius 1 is 1.67 bits per heavy atom. The Bertz CT molecular complexity index is 239. The summed E-state index contributed by atoms with van der Waals surface area (Å²) in [5.41, 5.74) is 0.547. The summed E-state index contributed by atoms with van der Waals surface area (Å²) in [5.74, 6) is 0. The number of aromatic nitrogens is 1. The average Bonchev–Trinajstić information content (AvgIpc) is 2.49.